The van der Waals surface area contributed by atoms with Gasteiger partial charge >= 0.3 is 0 Å². The SMILES string of the molecule is Cc1cc(CNc2ncccc2Cl)sc1C. The van der Waals surface area contributed by atoms with Gasteiger partial charge in [-0.1, -0.05) is 11.6 Å². The molecular formula is C12H13ClN2S. The van der Waals surface area contributed by atoms with Gasteiger partial charge in [-0.25, -0.2) is 4.98 Å². The van der Waals surface area contributed by atoms with Crippen molar-refractivity contribution in [2.24, 2.45) is 0 Å². The molecule has 0 aliphatic carbocycles. The van der Waals surface area contributed by atoms with Gasteiger partial charge in [0.2, 0.25) is 0 Å². The van der Waals surface area contributed by atoms with Gasteiger partial charge < -0.3 is 5.32 Å². The number of hydrogen-bond donors (Lipinski definition) is 1. The summed E-state index contributed by atoms with van der Waals surface area (Å²) in [4.78, 5) is 6.85. The third kappa shape index (κ3) is 2.54. The number of nitrogens with one attached hydrogen (secondary N) is 1. The molecule has 2 rings (SSSR count). The molecule has 0 aliphatic heterocycles. The van der Waals surface area contributed by atoms with E-state index in [1.54, 1.807) is 17.5 Å². The van der Waals surface area contributed by atoms with Crippen LogP contribution in [0.3, 0.4) is 0 Å². The normalized spacial score (nSPS) is 10.4. The second-order valence-corrected chi connectivity index (χ2v) is 5.39. The van der Waals surface area contributed by atoms with Crippen molar-refractivity contribution in [3.8, 4) is 0 Å². The maximum Gasteiger partial charge on any atom is 0.145 e. The summed E-state index contributed by atoms with van der Waals surface area (Å²) in [5, 5.41) is 3.90. The molecule has 2 nitrogen and oxygen atoms in total. The lowest BCUT2D eigenvalue weighted by Gasteiger charge is -2.04. The van der Waals surface area contributed by atoms with Gasteiger partial charge in [-0.3, -0.25) is 0 Å². The molecule has 0 aliphatic rings. The van der Waals surface area contributed by atoms with Crippen LogP contribution in [0.1, 0.15) is 15.3 Å². The summed E-state index contributed by atoms with van der Waals surface area (Å²) in [6.07, 6.45) is 1.74. The molecule has 0 amide bonds. The Labute approximate surface area is 104 Å². The Kier molecular flexibility index (Phi) is 3.46. The second kappa shape index (κ2) is 4.85. The quantitative estimate of drug-likeness (QED) is 0.892. The number of nitrogens with zero attached hydrogens (tertiary/aromatic N) is 1. The van der Waals surface area contributed by atoms with Gasteiger partial charge in [-0.15, -0.1) is 11.3 Å². The molecular weight excluding hydrogens is 240 g/mol. The molecule has 2 aromatic heterocycles. The minimum Gasteiger partial charge on any atom is -0.364 e. The molecule has 16 heavy (non-hydrogen) atoms. The minimum atomic E-state index is 0.660. The lowest BCUT2D eigenvalue weighted by molar-refractivity contribution is 1.14. The van der Waals surface area contributed by atoms with Crippen LogP contribution in [-0.4, -0.2) is 4.98 Å². The molecule has 0 radical (unpaired) electrons. The van der Waals surface area contributed by atoms with Crippen LogP contribution in [0.5, 0.6) is 0 Å². The first-order chi connectivity index (χ1) is 7.66. The maximum absolute atomic E-state index is 6.01. The third-order valence-corrected chi connectivity index (χ3v) is 3.86. The fourth-order valence-electron chi connectivity index (χ4n) is 1.42. The number of halogens is 1. The van der Waals surface area contributed by atoms with E-state index in [0.29, 0.717) is 5.02 Å². The first-order valence-corrected chi connectivity index (χ1v) is 6.26. The fourth-order valence-corrected chi connectivity index (χ4v) is 2.61. The number of rotatable bonds is 3. The van der Waals surface area contributed by atoms with Crippen LogP contribution in [0.4, 0.5) is 5.82 Å². The molecule has 0 spiro atoms. The zero-order valence-electron chi connectivity index (χ0n) is 9.25. The van der Waals surface area contributed by atoms with Crippen LogP contribution in [0, 0.1) is 13.8 Å². The van der Waals surface area contributed by atoms with Crippen LogP contribution >= 0.6 is 22.9 Å². The van der Waals surface area contributed by atoms with E-state index in [1.807, 2.05) is 12.1 Å². The summed E-state index contributed by atoms with van der Waals surface area (Å²) in [6.45, 7) is 5.04. The van der Waals surface area contributed by atoms with E-state index in [1.165, 1.54) is 15.3 Å². The lowest BCUT2D eigenvalue weighted by atomic mass is 10.3. The molecule has 1 N–H and O–H groups in total. The van der Waals surface area contributed by atoms with Crippen LogP contribution in [0.15, 0.2) is 24.4 Å². The van der Waals surface area contributed by atoms with Gasteiger partial charge in [0, 0.05) is 16.0 Å². The van der Waals surface area contributed by atoms with Crippen molar-refractivity contribution < 1.29 is 0 Å². The van der Waals surface area contributed by atoms with E-state index < -0.39 is 0 Å². The Bertz CT molecular complexity index is 474. The highest BCUT2D eigenvalue weighted by Gasteiger charge is 2.03. The number of anilines is 1. The van der Waals surface area contributed by atoms with E-state index in [-0.39, 0.29) is 0 Å². The summed E-state index contributed by atoms with van der Waals surface area (Å²) in [7, 11) is 0. The Morgan fingerprint density at radius 2 is 2.25 bits per heavy atom. The fraction of sp³-hybridized carbons (Fsp3) is 0.250. The van der Waals surface area contributed by atoms with E-state index in [4.69, 9.17) is 11.6 Å². The van der Waals surface area contributed by atoms with Gasteiger partial charge in [-0.2, -0.15) is 0 Å². The van der Waals surface area contributed by atoms with Crippen molar-refractivity contribution in [2.45, 2.75) is 20.4 Å². The smallest absolute Gasteiger partial charge is 0.145 e. The summed E-state index contributed by atoms with van der Waals surface area (Å²) >= 11 is 7.81. The lowest BCUT2D eigenvalue weighted by Crippen LogP contribution is -1.99. The highest BCUT2D eigenvalue weighted by atomic mass is 35.5. The molecule has 0 aromatic carbocycles. The molecule has 2 heterocycles. The monoisotopic (exact) mass is 252 g/mol. The second-order valence-electron chi connectivity index (χ2n) is 3.64. The largest absolute Gasteiger partial charge is 0.364 e. The average Bonchev–Trinajstić information content (AvgIpc) is 2.57. The zero-order chi connectivity index (χ0) is 11.5. The van der Waals surface area contributed by atoms with Gasteiger partial charge in [-0.05, 0) is 37.6 Å². The number of aromatic nitrogens is 1. The van der Waals surface area contributed by atoms with Crippen LogP contribution in [0.2, 0.25) is 5.02 Å². The van der Waals surface area contributed by atoms with Crippen molar-refractivity contribution in [3.63, 3.8) is 0 Å². The maximum atomic E-state index is 6.01. The Balaban J connectivity index is 2.05. The minimum absolute atomic E-state index is 0.660. The number of hydrogen-bond acceptors (Lipinski definition) is 3. The summed E-state index contributed by atoms with van der Waals surface area (Å²) in [5.41, 5.74) is 1.34. The van der Waals surface area contributed by atoms with Crippen molar-refractivity contribution in [2.75, 3.05) is 5.32 Å². The summed E-state index contributed by atoms with van der Waals surface area (Å²) in [6, 6.07) is 5.86. The Hall–Kier alpha value is -1.06. The van der Waals surface area contributed by atoms with Crippen LogP contribution in [-0.2, 0) is 6.54 Å². The molecule has 2 aromatic rings. The van der Waals surface area contributed by atoms with E-state index in [0.717, 1.165) is 12.4 Å². The number of thiophene rings is 1. The third-order valence-electron chi connectivity index (χ3n) is 2.41. The van der Waals surface area contributed by atoms with Crippen molar-refractivity contribution in [1.82, 2.24) is 4.98 Å². The molecule has 0 atom stereocenters. The number of pyridine rings is 1. The summed E-state index contributed by atoms with van der Waals surface area (Å²) in [5.74, 6) is 0.743. The van der Waals surface area contributed by atoms with Crippen molar-refractivity contribution >= 4 is 28.8 Å². The van der Waals surface area contributed by atoms with Gasteiger partial charge in [0.25, 0.3) is 0 Å². The topological polar surface area (TPSA) is 24.9 Å². The first-order valence-electron chi connectivity index (χ1n) is 5.07. The summed E-state index contributed by atoms with van der Waals surface area (Å²) < 4.78 is 0. The standard InChI is InChI=1S/C12H13ClN2S/c1-8-6-10(16-9(8)2)7-15-12-11(13)4-3-5-14-12/h3-6H,7H2,1-2H3,(H,14,15). The van der Waals surface area contributed by atoms with Gasteiger partial charge in [0.1, 0.15) is 5.82 Å². The highest BCUT2D eigenvalue weighted by molar-refractivity contribution is 7.12. The van der Waals surface area contributed by atoms with E-state index >= 15 is 0 Å². The number of aryl methyl sites for hydroxylation is 2. The zero-order valence-corrected chi connectivity index (χ0v) is 10.8. The van der Waals surface area contributed by atoms with Crippen molar-refractivity contribution in [1.29, 1.82) is 0 Å². The molecule has 0 unspecified atom stereocenters. The molecule has 0 saturated carbocycles. The molecule has 84 valence electrons. The highest BCUT2D eigenvalue weighted by Crippen LogP contribution is 2.23. The van der Waals surface area contributed by atoms with Crippen LogP contribution in [0.25, 0.3) is 0 Å². The average molecular weight is 253 g/mol. The molecule has 4 heteroatoms. The predicted octanol–water partition coefficient (Wildman–Crippen LogP) is 4.03. The van der Waals surface area contributed by atoms with Crippen molar-refractivity contribution in [3.05, 3.63) is 44.7 Å². The van der Waals surface area contributed by atoms with Gasteiger partial charge in [0.15, 0.2) is 0 Å². The molecule has 0 bridgehead atoms. The van der Waals surface area contributed by atoms with Gasteiger partial charge in [0.05, 0.1) is 11.6 Å². The first kappa shape index (κ1) is 11.4. The Morgan fingerprint density at radius 3 is 2.88 bits per heavy atom. The molecule has 0 saturated heterocycles. The molecule has 0 fully saturated rings. The van der Waals surface area contributed by atoms with Crippen LogP contribution < -0.4 is 5.32 Å². The Morgan fingerprint density at radius 1 is 1.44 bits per heavy atom. The van der Waals surface area contributed by atoms with E-state index in [2.05, 4.69) is 30.2 Å². The predicted molar refractivity (Wildman–Crippen MR) is 70.4 cm³/mol. The van der Waals surface area contributed by atoms with E-state index in [9.17, 15) is 0 Å².